The molecule has 0 aromatic carbocycles. The molecule has 0 amide bonds. The summed E-state index contributed by atoms with van der Waals surface area (Å²) in [6.07, 6.45) is 0.619. The molecular weight excluding hydrogens is 262 g/mol. The molecule has 0 aliphatic heterocycles. The summed E-state index contributed by atoms with van der Waals surface area (Å²) in [6.45, 7) is 3.73. The summed E-state index contributed by atoms with van der Waals surface area (Å²) in [5.74, 6) is 0.806. The molecule has 3 N–H and O–H groups in total. The number of H-pyrrole nitrogens is 1. The van der Waals surface area contributed by atoms with Crippen LogP contribution in [0.5, 0.6) is 0 Å². The third-order valence-electron chi connectivity index (χ3n) is 2.77. The van der Waals surface area contributed by atoms with Crippen molar-refractivity contribution in [3.8, 4) is 0 Å². The molecule has 2 aromatic rings. The first-order valence-corrected chi connectivity index (χ1v) is 6.16. The summed E-state index contributed by atoms with van der Waals surface area (Å²) in [5, 5.41) is 11.9. The van der Waals surface area contributed by atoms with E-state index < -0.39 is 5.97 Å². The largest absolute Gasteiger partial charge is 0.478 e. The molecule has 0 saturated carbocycles. The summed E-state index contributed by atoms with van der Waals surface area (Å²) in [7, 11) is 0. The Hall–Kier alpha value is -2.57. The predicted molar refractivity (Wildman–Crippen MR) is 72.0 cm³/mol. The summed E-state index contributed by atoms with van der Waals surface area (Å²) in [4.78, 5) is 29.1. The van der Waals surface area contributed by atoms with Crippen LogP contribution in [-0.4, -0.2) is 21.0 Å². The number of furan rings is 1. The minimum absolute atomic E-state index is 0.134. The maximum Gasteiger partial charge on any atom is 0.339 e. The van der Waals surface area contributed by atoms with E-state index in [2.05, 4.69) is 15.3 Å². The van der Waals surface area contributed by atoms with Gasteiger partial charge in [0.2, 0.25) is 0 Å². The molecule has 2 heterocycles. The summed E-state index contributed by atoms with van der Waals surface area (Å²) in [6, 6.07) is 2.80. The van der Waals surface area contributed by atoms with Crippen LogP contribution in [0.3, 0.4) is 0 Å². The SMILES string of the molecule is CCc1nc(NCc2cc(C(=O)O)c(C)o2)cc(=O)[nH]1. The van der Waals surface area contributed by atoms with Crippen molar-refractivity contribution in [2.75, 3.05) is 5.32 Å². The molecule has 0 aliphatic rings. The molecule has 0 fully saturated rings. The molecule has 0 radical (unpaired) electrons. The number of aromatic nitrogens is 2. The molecule has 0 spiro atoms. The van der Waals surface area contributed by atoms with Crippen molar-refractivity contribution in [1.82, 2.24) is 9.97 Å². The summed E-state index contributed by atoms with van der Waals surface area (Å²) >= 11 is 0. The minimum Gasteiger partial charge on any atom is -0.478 e. The van der Waals surface area contributed by atoms with E-state index in [-0.39, 0.29) is 17.7 Å². The number of carboxylic acids is 1. The van der Waals surface area contributed by atoms with Crippen LogP contribution in [0.1, 0.15) is 34.6 Å². The molecule has 20 heavy (non-hydrogen) atoms. The lowest BCUT2D eigenvalue weighted by Gasteiger charge is -2.04. The Balaban J connectivity index is 2.12. The zero-order valence-electron chi connectivity index (χ0n) is 11.2. The third-order valence-corrected chi connectivity index (χ3v) is 2.77. The lowest BCUT2D eigenvalue weighted by atomic mass is 10.2. The maximum atomic E-state index is 11.4. The highest BCUT2D eigenvalue weighted by Crippen LogP contribution is 2.15. The number of anilines is 1. The summed E-state index contributed by atoms with van der Waals surface area (Å²) in [5.41, 5.74) is -0.101. The number of aromatic amines is 1. The molecule has 2 aromatic heterocycles. The fourth-order valence-corrected chi connectivity index (χ4v) is 1.79. The quantitative estimate of drug-likeness (QED) is 0.765. The van der Waals surface area contributed by atoms with Crippen LogP contribution >= 0.6 is 0 Å². The van der Waals surface area contributed by atoms with Crippen LogP contribution in [0.15, 0.2) is 21.3 Å². The zero-order valence-corrected chi connectivity index (χ0v) is 11.2. The molecule has 0 saturated heterocycles. The van der Waals surface area contributed by atoms with Gasteiger partial charge in [-0.1, -0.05) is 6.92 Å². The molecule has 106 valence electrons. The van der Waals surface area contributed by atoms with Gasteiger partial charge in [0.15, 0.2) is 0 Å². The number of nitrogens with one attached hydrogen (secondary N) is 2. The average Bonchev–Trinajstić information content (AvgIpc) is 2.77. The number of hydrogen-bond donors (Lipinski definition) is 3. The van der Waals surface area contributed by atoms with Gasteiger partial charge in [-0.3, -0.25) is 4.79 Å². The van der Waals surface area contributed by atoms with Gasteiger partial charge in [0.1, 0.15) is 28.7 Å². The van der Waals surface area contributed by atoms with Crippen molar-refractivity contribution in [3.05, 3.63) is 45.4 Å². The number of hydrogen-bond acceptors (Lipinski definition) is 5. The molecule has 7 nitrogen and oxygen atoms in total. The highest BCUT2D eigenvalue weighted by Gasteiger charge is 2.13. The molecule has 0 unspecified atom stereocenters. The third kappa shape index (κ3) is 3.05. The molecular formula is C13H15N3O4. The van der Waals surface area contributed by atoms with E-state index in [1.165, 1.54) is 12.1 Å². The molecule has 2 rings (SSSR count). The Bertz CT molecular complexity index is 687. The van der Waals surface area contributed by atoms with Gasteiger partial charge in [0, 0.05) is 12.5 Å². The van der Waals surface area contributed by atoms with Gasteiger partial charge >= 0.3 is 5.97 Å². The van der Waals surface area contributed by atoms with E-state index in [0.717, 1.165) is 0 Å². The number of rotatable bonds is 5. The van der Waals surface area contributed by atoms with Gasteiger partial charge in [-0.25, -0.2) is 9.78 Å². The zero-order chi connectivity index (χ0) is 14.7. The minimum atomic E-state index is -1.03. The molecule has 7 heteroatoms. The lowest BCUT2D eigenvalue weighted by molar-refractivity contribution is 0.0695. The average molecular weight is 277 g/mol. The molecule has 0 atom stereocenters. The van der Waals surface area contributed by atoms with Crippen molar-refractivity contribution < 1.29 is 14.3 Å². The van der Waals surface area contributed by atoms with Crippen molar-refractivity contribution in [3.63, 3.8) is 0 Å². The van der Waals surface area contributed by atoms with Gasteiger partial charge in [-0.2, -0.15) is 0 Å². The highest BCUT2D eigenvalue weighted by molar-refractivity contribution is 5.88. The van der Waals surface area contributed by atoms with Crippen LogP contribution in [0.25, 0.3) is 0 Å². The van der Waals surface area contributed by atoms with E-state index in [9.17, 15) is 9.59 Å². The van der Waals surface area contributed by atoms with Crippen molar-refractivity contribution >= 4 is 11.8 Å². The predicted octanol–water partition coefficient (Wildman–Crippen LogP) is 1.54. The van der Waals surface area contributed by atoms with Crippen LogP contribution in [0.4, 0.5) is 5.82 Å². The highest BCUT2D eigenvalue weighted by atomic mass is 16.4. The van der Waals surface area contributed by atoms with E-state index in [1.807, 2.05) is 6.92 Å². The Morgan fingerprint density at radius 1 is 1.50 bits per heavy atom. The second-order valence-corrected chi connectivity index (χ2v) is 4.27. The van der Waals surface area contributed by atoms with Gasteiger partial charge < -0.3 is 19.8 Å². The van der Waals surface area contributed by atoms with Gasteiger partial charge in [-0.05, 0) is 13.0 Å². The maximum absolute atomic E-state index is 11.4. The second kappa shape index (κ2) is 5.60. The van der Waals surface area contributed by atoms with Crippen LogP contribution in [0.2, 0.25) is 0 Å². The fourth-order valence-electron chi connectivity index (χ4n) is 1.79. The Morgan fingerprint density at radius 2 is 2.25 bits per heavy atom. The van der Waals surface area contributed by atoms with Gasteiger partial charge in [0.25, 0.3) is 5.56 Å². The monoisotopic (exact) mass is 277 g/mol. The molecule has 0 aliphatic carbocycles. The van der Waals surface area contributed by atoms with E-state index in [4.69, 9.17) is 9.52 Å². The van der Waals surface area contributed by atoms with Crippen molar-refractivity contribution in [2.24, 2.45) is 0 Å². The number of aryl methyl sites for hydroxylation is 2. The van der Waals surface area contributed by atoms with Crippen LogP contribution in [-0.2, 0) is 13.0 Å². The Labute approximate surface area is 114 Å². The van der Waals surface area contributed by atoms with Crippen molar-refractivity contribution in [2.45, 2.75) is 26.8 Å². The normalized spacial score (nSPS) is 10.5. The Morgan fingerprint density at radius 3 is 2.85 bits per heavy atom. The number of carboxylic acid groups (broad SMARTS) is 1. The lowest BCUT2D eigenvalue weighted by Crippen LogP contribution is -2.13. The fraction of sp³-hybridized carbons (Fsp3) is 0.308. The van der Waals surface area contributed by atoms with Crippen molar-refractivity contribution in [1.29, 1.82) is 0 Å². The smallest absolute Gasteiger partial charge is 0.339 e. The Kier molecular flexibility index (Phi) is 3.88. The topological polar surface area (TPSA) is 108 Å². The first-order chi connectivity index (χ1) is 9.49. The number of aromatic carboxylic acids is 1. The number of nitrogens with zero attached hydrogens (tertiary/aromatic N) is 1. The second-order valence-electron chi connectivity index (χ2n) is 4.27. The van der Waals surface area contributed by atoms with E-state index >= 15 is 0 Å². The van der Waals surface area contributed by atoms with Gasteiger partial charge in [0.05, 0.1) is 6.54 Å². The molecule has 0 bridgehead atoms. The number of carbonyl (C=O) groups is 1. The van der Waals surface area contributed by atoms with Crippen LogP contribution < -0.4 is 10.9 Å². The first-order valence-electron chi connectivity index (χ1n) is 6.16. The first kappa shape index (κ1) is 13.9. The van der Waals surface area contributed by atoms with Crippen LogP contribution in [0, 0.1) is 6.92 Å². The van der Waals surface area contributed by atoms with Gasteiger partial charge in [-0.15, -0.1) is 0 Å². The van der Waals surface area contributed by atoms with E-state index in [0.29, 0.717) is 29.6 Å². The summed E-state index contributed by atoms with van der Waals surface area (Å²) < 4.78 is 5.33. The van der Waals surface area contributed by atoms with E-state index in [1.54, 1.807) is 6.92 Å². The standard InChI is InChI=1S/C13H15N3O4/c1-3-10-15-11(5-12(17)16-10)14-6-8-4-9(13(18)19)7(2)20-8/h4-5H,3,6H2,1-2H3,(H,18,19)(H2,14,15,16,17).